The molecule has 0 aliphatic rings. The van der Waals surface area contributed by atoms with E-state index in [-0.39, 0.29) is 5.91 Å². The molecule has 7 heteroatoms. The lowest BCUT2D eigenvalue weighted by atomic mass is 10.1. The van der Waals surface area contributed by atoms with Crippen LogP contribution in [0.3, 0.4) is 0 Å². The minimum Gasteiger partial charge on any atom is -0.490 e. The number of halogens is 2. The van der Waals surface area contributed by atoms with E-state index >= 15 is 0 Å². The molecule has 0 aliphatic heterocycles. The van der Waals surface area contributed by atoms with E-state index in [4.69, 9.17) is 32.7 Å². The van der Waals surface area contributed by atoms with Gasteiger partial charge >= 0.3 is 0 Å². The number of aryl methyl sites for hydroxylation is 1. The summed E-state index contributed by atoms with van der Waals surface area (Å²) in [5, 5.41) is 5.04. The summed E-state index contributed by atoms with van der Waals surface area (Å²) in [5.74, 6) is 1.03. The molecular weight excluding hydrogens is 483 g/mol. The summed E-state index contributed by atoms with van der Waals surface area (Å²) < 4.78 is 11.7. The molecule has 0 radical (unpaired) electrons. The predicted molar refractivity (Wildman–Crippen MR) is 143 cm³/mol. The minimum atomic E-state index is -0.367. The summed E-state index contributed by atoms with van der Waals surface area (Å²) in [6, 6.07) is 20.1. The van der Waals surface area contributed by atoms with Crippen molar-refractivity contribution in [3.63, 3.8) is 0 Å². The van der Waals surface area contributed by atoms with Crippen molar-refractivity contribution in [3.8, 4) is 11.5 Å². The van der Waals surface area contributed by atoms with Crippen LogP contribution in [-0.4, -0.2) is 25.3 Å². The Morgan fingerprint density at radius 3 is 2.46 bits per heavy atom. The highest BCUT2D eigenvalue weighted by Gasteiger charge is 2.06. The van der Waals surface area contributed by atoms with E-state index in [0.29, 0.717) is 40.1 Å². The molecule has 184 valence electrons. The lowest BCUT2D eigenvalue weighted by Gasteiger charge is -2.11. The van der Waals surface area contributed by atoms with Gasteiger partial charge in [0.2, 0.25) is 0 Å². The molecule has 0 saturated heterocycles. The van der Waals surface area contributed by atoms with Crippen LogP contribution in [-0.2, 0) is 6.42 Å². The molecule has 0 heterocycles. The van der Waals surface area contributed by atoms with Crippen molar-refractivity contribution in [2.45, 2.75) is 39.0 Å². The molecule has 0 atom stereocenters. The Morgan fingerprint density at radius 1 is 0.914 bits per heavy atom. The number of rotatable bonds is 13. The summed E-state index contributed by atoms with van der Waals surface area (Å²) in [7, 11) is 0. The summed E-state index contributed by atoms with van der Waals surface area (Å²) >= 11 is 12.1. The Bertz CT molecular complexity index is 1120. The van der Waals surface area contributed by atoms with Gasteiger partial charge in [0.1, 0.15) is 24.7 Å². The highest BCUT2D eigenvalue weighted by Crippen LogP contribution is 2.22. The van der Waals surface area contributed by atoms with Crippen LogP contribution in [0.25, 0.3) is 0 Å². The Morgan fingerprint density at radius 2 is 1.69 bits per heavy atom. The fourth-order valence-corrected chi connectivity index (χ4v) is 3.80. The first-order chi connectivity index (χ1) is 17.0. The van der Waals surface area contributed by atoms with E-state index in [1.165, 1.54) is 37.5 Å². The van der Waals surface area contributed by atoms with Gasteiger partial charge in [-0.1, -0.05) is 67.6 Å². The third-order valence-corrected chi connectivity index (χ3v) is 5.75. The number of nitrogens with zero attached hydrogens (tertiary/aromatic N) is 1. The maximum atomic E-state index is 12.2. The number of hydrogen-bond acceptors (Lipinski definition) is 4. The van der Waals surface area contributed by atoms with Crippen molar-refractivity contribution in [2.75, 3.05) is 13.2 Å². The third kappa shape index (κ3) is 9.27. The van der Waals surface area contributed by atoms with E-state index in [9.17, 15) is 4.79 Å². The molecule has 0 spiro atoms. The number of nitrogens with one attached hydrogen (secondary N) is 1. The second-order valence-corrected chi connectivity index (χ2v) is 8.92. The number of carbonyl (C=O) groups is 1. The first-order valence-electron chi connectivity index (χ1n) is 11.8. The standard InChI is InChI=1S/C28H30Cl2N2O3/c1-2-3-4-5-7-21-10-13-26(14-11-21)34-16-17-35-27-15-12-25(30)19-23(27)20-31-32-28(33)22-8-6-9-24(29)18-22/h6,8-15,18-20H,2-5,7,16-17H2,1H3,(H,32,33)/b31-20-. The smallest absolute Gasteiger partial charge is 0.271 e. The minimum absolute atomic E-state index is 0.343. The summed E-state index contributed by atoms with van der Waals surface area (Å²) in [5.41, 5.74) is 4.86. The van der Waals surface area contributed by atoms with Crippen LogP contribution in [0.15, 0.2) is 71.8 Å². The van der Waals surface area contributed by atoms with Crippen LogP contribution in [0.4, 0.5) is 0 Å². The SMILES string of the molecule is CCCCCCc1ccc(OCCOc2ccc(Cl)cc2/C=N\NC(=O)c2cccc(Cl)c2)cc1. The van der Waals surface area contributed by atoms with Crippen LogP contribution in [0.2, 0.25) is 10.0 Å². The zero-order valence-electron chi connectivity index (χ0n) is 19.8. The fraction of sp³-hybridized carbons (Fsp3) is 0.286. The number of ether oxygens (including phenoxy) is 2. The molecule has 3 rings (SSSR count). The maximum Gasteiger partial charge on any atom is 0.271 e. The van der Waals surface area contributed by atoms with Gasteiger partial charge in [0.15, 0.2) is 0 Å². The average molecular weight is 513 g/mol. The molecule has 0 fully saturated rings. The largest absolute Gasteiger partial charge is 0.490 e. The Balaban J connectivity index is 1.47. The zero-order chi connectivity index (χ0) is 24.9. The van der Waals surface area contributed by atoms with E-state index < -0.39 is 0 Å². The monoisotopic (exact) mass is 512 g/mol. The molecule has 3 aromatic rings. The van der Waals surface area contributed by atoms with E-state index in [1.807, 2.05) is 12.1 Å². The Labute approximate surface area is 217 Å². The van der Waals surface area contributed by atoms with Crippen LogP contribution in [0.1, 0.15) is 54.1 Å². The number of hydrazone groups is 1. The van der Waals surface area contributed by atoms with Crippen molar-refractivity contribution >= 4 is 35.3 Å². The first kappa shape index (κ1) is 26.6. The van der Waals surface area contributed by atoms with Crippen molar-refractivity contribution in [3.05, 3.63) is 93.5 Å². The number of amides is 1. The van der Waals surface area contributed by atoms with E-state index in [1.54, 1.807) is 42.5 Å². The molecule has 35 heavy (non-hydrogen) atoms. The molecule has 1 N–H and O–H groups in total. The zero-order valence-corrected chi connectivity index (χ0v) is 21.3. The lowest BCUT2D eigenvalue weighted by molar-refractivity contribution is 0.0955. The van der Waals surface area contributed by atoms with E-state index in [0.717, 1.165) is 12.2 Å². The van der Waals surface area contributed by atoms with Gasteiger partial charge in [-0.25, -0.2) is 5.43 Å². The molecule has 0 unspecified atom stereocenters. The van der Waals surface area contributed by atoms with Gasteiger partial charge in [-0.05, 0) is 66.9 Å². The normalized spacial score (nSPS) is 10.9. The van der Waals surface area contributed by atoms with Gasteiger partial charge in [-0.15, -0.1) is 0 Å². The Kier molecular flexibility index (Phi) is 10.9. The molecule has 0 aromatic heterocycles. The maximum absolute atomic E-state index is 12.2. The molecule has 5 nitrogen and oxygen atoms in total. The van der Waals surface area contributed by atoms with Crippen LogP contribution in [0, 0.1) is 0 Å². The van der Waals surface area contributed by atoms with Gasteiger partial charge in [0.05, 0.1) is 6.21 Å². The summed E-state index contributed by atoms with van der Waals surface area (Å²) in [4.78, 5) is 12.2. The number of unbranched alkanes of at least 4 members (excludes halogenated alkanes) is 3. The summed E-state index contributed by atoms with van der Waals surface area (Å²) in [6.45, 7) is 2.96. The average Bonchev–Trinajstić information content (AvgIpc) is 2.86. The summed E-state index contributed by atoms with van der Waals surface area (Å²) in [6.07, 6.45) is 7.63. The molecule has 0 saturated carbocycles. The van der Waals surface area contributed by atoms with Crippen LogP contribution < -0.4 is 14.9 Å². The van der Waals surface area contributed by atoms with Crippen molar-refractivity contribution in [1.29, 1.82) is 0 Å². The van der Waals surface area contributed by atoms with E-state index in [2.05, 4.69) is 29.6 Å². The molecule has 3 aromatic carbocycles. The molecular formula is C28H30Cl2N2O3. The second kappa shape index (κ2) is 14.4. The first-order valence-corrected chi connectivity index (χ1v) is 12.5. The number of carbonyl (C=O) groups excluding carboxylic acids is 1. The Hall–Kier alpha value is -3.02. The third-order valence-electron chi connectivity index (χ3n) is 5.28. The van der Waals surface area contributed by atoms with Crippen LogP contribution >= 0.6 is 23.2 Å². The van der Waals surface area contributed by atoms with Gasteiger partial charge < -0.3 is 9.47 Å². The second-order valence-electron chi connectivity index (χ2n) is 8.04. The van der Waals surface area contributed by atoms with Crippen molar-refractivity contribution in [1.82, 2.24) is 5.43 Å². The predicted octanol–water partition coefficient (Wildman–Crippen LogP) is 7.34. The van der Waals surface area contributed by atoms with Gasteiger partial charge in [0, 0.05) is 21.2 Å². The topological polar surface area (TPSA) is 59.9 Å². The quantitative estimate of drug-likeness (QED) is 0.148. The fourth-order valence-electron chi connectivity index (χ4n) is 3.43. The molecule has 0 bridgehead atoms. The molecule has 0 aliphatic carbocycles. The van der Waals surface area contributed by atoms with Crippen molar-refractivity contribution < 1.29 is 14.3 Å². The number of benzene rings is 3. The van der Waals surface area contributed by atoms with Gasteiger partial charge in [-0.3, -0.25) is 4.79 Å². The highest BCUT2D eigenvalue weighted by atomic mass is 35.5. The molecule has 1 amide bonds. The van der Waals surface area contributed by atoms with Crippen molar-refractivity contribution in [2.24, 2.45) is 5.10 Å². The highest BCUT2D eigenvalue weighted by molar-refractivity contribution is 6.31. The number of hydrogen-bond donors (Lipinski definition) is 1. The van der Waals surface area contributed by atoms with Gasteiger partial charge in [-0.2, -0.15) is 5.10 Å². The lowest BCUT2D eigenvalue weighted by Crippen LogP contribution is -2.17. The van der Waals surface area contributed by atoms with Gasteiger partial charge in [0.25, 0.3) is 5.91 Å². The van der Waals surface area contributed by atoms with Crippen LogP contribution in [0.5, 0.6) is 11.5 Å².